The summed E-state index contributed by atoms with van der Waals surface area (Å²) in [5, 5.41) is 6.19. The molecule has 0 fully saturated rings. The van der Waals surface area contributed by atoms with Crippen LogP contribution >= 0.6 is 11.3 Å². The van der Waals surface area contributed by atoms with E-state index in [2.05, 4.69) is 47.7 Å². The predicted molar refractivity (Wildman–Crippen MR) is 75.9 cm³/mol. The molecule has 0 radical (unpaired) electrons. The highest BCUT2D eigenvalue weighted by Gasteiger charge is 2.08. The molecule has 0 atom stereocenters. The molecule has 0 aliphatic rings. The van der Waals surface area contributed by atoms with Crippen molar-refractivity contribution in [2.75, 3.05) is 12.4 Å². The lowest BCUT2D eigenvalue weighted by Crippen LogP contribution is -1.92. The van der Waals surface area contributed by atoms with Crippen LogP contribution in [0.5, 0.6) is 0 Å². The highest BCUT2D eigenvalue weighted by atomic mass is 32.1. The smallest absolute Gasteiger partial charge is 0.182 e. The minimum absolute atomic E-state index is 0.976. The number of rotatable bonds is 4. The van der Waals surface area contributed by atoms with Crippen molar-refractivity contribution in [2.24, 2.45) is 0 Å². The van der Waals surface area contributed by atoms with Crippen LogP contribution in [0.2, 0.25) is 0 Å². The van der Waals surface area contributed by atoms with E-state index in [9.17, 15) is 0 Å². The Bertz CT molecular complexity index is 503. The molecule has 0 saturated heterocycles. The largest absolute Gasteiger partial charge is 0.365 e. The lowest BCUT2D eigenvalue weighted by atomic mass is 9.99. The normalized spacial score (nSPS) is 10.5. The number of nitrogens with zero attached hydrogens (tertiary/aromatic N) is 1. The third-order valence-corrected chi connectivity index (χ3v) is 3.82. The molecule has 2 nitrogen and oxygen atoms in total. The van der Waals surface area contributed by atoms with E-state index < -0.39 is 0 Å². The third kappa shape index (κ3) is 2.50. The van der Waals surface area contributed by atoms with Gasteiger partial charge in [0, 0.05) is 18.0 Å². The summed E-state index contributed by atoms with van der Waals surface area (Å²) in [5.74, 6) is 0. The average Bonchev–Trinajstić information content (AvgIpc) is 2.86. The lowest BCUT2D eigenvalue weighted by molar-refractivity contribution is 1.10. The van der Waals surface area contributed by atoms with Crippen LogP contribution in [0.15, 0.2) is 23.6 Å². The van der Waals surface area contributed by atoms with Gasteiger partial charge in [0.05, 0.1) is 5.69 Å². The first-order chi connectivity index (χ1) is 8.28. The number of thiazole rings is 1. The van der Waals surface area contributed by atoms with Crippen LogP contribution in [-0.2, 0) is 12.8 Å². The first-order valence-corrected chi connectivity index (χ1v) is 6.91. The van der Waals surface area contributed by atoms with Crippen LogP contribution < -0.4 is 5.32 Å². The van der Waals surface area contributed by atoms with Gasteiger partial charge in [-0.25, -0.2) is 4.98 Å². The van der Waals surface area contributed by atoms with Crippen molar-refractivity contribution in [3.8, 4) is 11.3 Å². The van der Waals surface area contributed by atoms with Gasteiger partial charge in [0.25, 0.3) is 0 Å². The quantitative estimate of drug-likeness (QED) is 0.882. The number of hydrogen-bond acceptors (Lipinski definition) is 3. The van der Waals surface area contributed by atoms with Crippen LogP contribution in [0.25, 0.3) is 11.3 Å². The molecule has 2 aromatic rings. The van der Waals surface area contributed by atoms with Crippen LogP contribution in [0.1, 0.15) is 25.0 Å². The summed E-state index contributed by atoms with van der Waals surface area (Å²) in [6.45, 7) is 4.38. The lowest BCUT2D eigenvalue weighted by Gasteiger charge is -2.07. The van der Waals surface area contributed by atoms with Gasteiger partial charge in [0.15, 0.2) is 5.13 Å². The Kier molecular flexibility index (Phi) is 3.79. The van der Waals surface area contributed by atoms with E-state index in [1.165, 1.54) is 16.7 Å². The minimum Gasteiger partial charge on any atom is -0.365 e. The molecule has 17 heavy (non-hydrogen) atoms. The van der Waals surface area contributed by atoms with Crippen molar-refractivity contribution in [2.45, 2.75) is 26.7 Å². The zero-order valence-corrected chi connectivity index (χ0v) is 11.4. The van der Waals surface area contributed by atoms with Crippen LogP contribution in [0.3, 0.4) is 0 Å². The van der Waals surface area contributed by atoms with Gasteiger partial charge in [-0.3, -0.25) is 0 Å². The molecule has 0 bridgehead atoms. The number of hydrogen-bond donors (Lipinski definition) is 1. The zero-order chi connectivity index (χ0) is 12.3. The van der Waals surface area contributed by atoms with Gasteiger partial charge in [0.1, 0.15) is 0 Å². The molecule has 0 amide bonds. The fourth-order valence-electron chi connectivity index (χ4n) is 1.90. The summed E-state index contributed by atoms with van der Waals surface area (Å²) in [6, 6.07) is 6.72. The van der Waals surface area contributed by atoms with E-state index in [0.717, 1.165) is 23.7 Å². The maximum Gasteiger partial charge on any atom is 0.182 e. The van der Waals surface area contributed by atoms with Gasteiger partial charge in [-0.15, -0.1) is 11.3 Å². The van der Waals surface area contributed by atoms with Gasteiger partial charge < -0.3 is 5.32 Å². The molecule has 1 aromatic heterocycles. The highest BCUT2D eigenvalue weighted by molar-refractivity contribution is 7.14. The number of aromatic nitrogens is 1. The van der Waals surface area contributed by atoms with E-state index in [-0.39, 0.29) is 0 Å². The molecule has 1 N–H and O–H groups in total. The second kappa shape index (κ2) is 5.32. The summed E-state index contributed by atoms with van der Waals surface area (Å²) in [5.41, 5.74) is 5.11. The van der Waals surface area contributed by atoms with Crippen LogP contribution in [0.4, 0.5) is 5.13 Å². The maximum absolute atomic E-state index is 4.59. The van der Waals surface area contributed by atoms with E-state index in [1.807, 2.05) is 7.05 Å². The van der Waals surface area contributed by atoms with Crippen LogP contribution in [-0.4, -0.2) is 12.0 Å². The van der Waals surface area contributed by atoms with Crippen molar-refractivity contribution in [3.05, 3.63) is 34.7 Å². The summed E-state index contributed by atoms with van der Waals surface area (Å²) < 4.78 is 0. The Morgan fingerprint density at radius 2 is 2.06 bits per heavy atom. The van der Waals surface area contributed by atoms with Gasteiger partial charge in [0.2, 0.25) is 0 Å². The van der Waals surface area contributed by atoms with E-state index in [0.29, 0.717) is 0 Å². The third-order valence-electron chi connectivity index (χ3n) is 2.96. The molecule has 1 heterocycles. The molecule has 2 rings (SSSR count). The number of benzene rings is 1. The molecule has 0 saturated carbocycles. The van der Waals surface area contributed by atoms with Gasteiger partial charge in [-0.2, -0.15) is 0 Å². The van der Waals surface area contributed by atoms with Crippen molar-refractivity contribution in [1.82, 2.24) is 4.98 Å². The second-order valence-electron chi connectivity index (χ2n) is 3.99. The van der Waals surface area contributed by atoms with Gasteiger partial charge in [-0.05, 0) is 30.0 Å². The molecule has 0 spiro atoms. The number of aryl methyl sites for hydroxylation is 2. The minimum atomic E-state index is 0.976. The van der Waals surface area contributed by atoms with Crippen molar-refractivity contribution in [3.63, 3.8) is 0 Å². The molecule has 3 heteroatoms. The summed E-state index contributed by atoms with van der Waals surface area (Å²) in [7, 11) is 1.91. The molecule has 90 valence electrons. The first-order valence-electron chi connectivity index (χ1n) is 6.04. The molecule has 1 aromatic carbocycles. The topological polar surface area (TPSA) is 24.9 Å². The number of anilines is 1. The summed E-state index contributed by atoms with van der Waals surface area (Å²) in [4.78, 5) is 4.59. The number of nitrogens with one attached hydrogen (secondary N) is 1. The van der Waals surface area contributed by atoms with E-state index in [4.69, 9.17) is 0 Å². The Hall–Kier alpha value is -1.35. The molecule has 0 aliphatic carbocycles. The zero-order valence-electron chi connectivity index (χ0n) is 10.6. The maximum atomic E-state index is 4.59. The Morgan fingerprint density at radius 3 is 2.65 bits per heavy atom. The summed E-state index contributed by atoms with van der Waals surface area (Å²) >= 11 is 1.65. The monoisotopic (exact) mass is 246 g/mol. The van der Waals surface area contributed by atoms with Crippen molar-refractivity contribution >= 4 is 16.5 Å². The standard InChI is InChI=1S/C14H18N2S/c1-4-10-6-7-11(5-2)12(8-10)13-9-17-14(15-3)16-13/h6-9H,4-5H2,1-3H3,(H,15,16). The Morgan fingerprint density at radius 1 is 1.24 bits per heavy atom. The fraction of sp³-hybridized carbons (Fsp3) is 0.357. The average molecular weight is 246 g/mol. The second-order valence-corrected chi connectivity index (χ2v) is 4.84. The van der Waals surface area contributed by atoms with Gasteiger partial charge in [-0.1, -0.05) is 26.0 Å². The highest BCUT2D eigenvalue weighted by Crippen LogP contribution is 2.28. The van der Waals surface area contributed by atoms with Crippen molar-refractivity contribution in [1.29, 1.82) is 0 Å². The molecule has 0 unspecified atom stereocenters. The Balaban J connectivity index is 2.47. The Labute approximate surface area is 107 Å². The summed E-state index contributed by atoms with van der Waals surface area (Å²) in [6.07, 6.45) is 2.12. The fourth-order valence-corrected chi connectivity index (χ4v) is 2.57. The molecule has 0 aliphatic heterocycles. The SMILES string of the molecule is CCc1ccc(CC)c(-c2csc(NC)n2)c1. The van der Waals surface area contributed by atoms with E-state index >= 15 is 0 Å². The first kappa shape index (κ1) is 12.1. The van der Waals surface area contributed by atoms with Gasteiger partial charge >= 0.3 is 0 Å². The molecular weight excluding hydrogens is 228 g/mol. The molecular formula is C14H18N2S. The predicted octanol–water partition coefficient (Wildman–Crippen LogP) is 3.98. The van der Waals surface area contributed by atoms with Crippen molar-refractivity contribution < 1.29 is 0 Å². The van der Waals surface area contributed by atoms with Crippen LogP contribution in [0, 0.1) is 0 Å². The van der Waals surface area contributed by atoms with E-state index in [1.54, 1.807) is 11.3 Å².